The third kappa shape index (κ3) is 3.85. The number of aliphatic hydroxyl groups is 1. The first-order valence-corrected chi connectivity index (χ1v) is 9.93. The summed E-state index contributed by atoms with van der Waals surface area (Å²) in [5.41, 5.74) is 0. The van der Waals surface area contributed by atoms with Gasteiger partial charge in [0.15, 0.2) is 0 Å². The Balaban J connectivity index is 2.23. The molecule has 124 valence electrons. The van der Waals surface area contributed by atoms with E-state index >= 15 is 0 Å². The van der Waals surface area contributed by atoms with Gasteiger partial charge in [-0.15, -0.1) is 0 Å². The zero-order valence-electron chi connectivity index (χ0n) is 12.2. The summed E-state index contributed by atoms with van der Waals surface area (Å²) < 4.78 is 53.2. The van der Waals surface area contributed by atoms with Crippen molar-refractivity contribution in [3.05, 3.63) is 24.3 Å². The highest BCUT2D eigenvalue weighted by atomic mass is 32.2. The molecule has 1 aliphatic carbocycles. The molecule has 0 saturated heterocycles. The number of nitrogens with one attached hydrogen (secondary N) is 2. The van der Waals surface area contributed by atoms with E-state index in [1.807, 2.05) is 0 Å². The summed E-state index contributed by atoms with van der Waals surface area (Å²) >= 11 is 0. The summed E-state index contributed by atoms with van der Waals surface area (Å²) in [6.45, 7) is 0.188. The monoisotopic (exact) mass is 348 g/mol. The fraction of sp³-hybridized carbons (Fsp3) is 0.538. The predicted octanol–water partition coefficient (Wildman–Crippen LogP) is 0.0340. The number of sulfonamides is 2. The van der Waals surface area contributed by atoms with Crippen LogP contribution in [0.3, 0.4) is 0 Å². The second kappa shape index (κ2) is 6.63. The topological polar surface area (TPSA) is 113 Å². The highest BCUT2D eigenvalue weighted by molar-refractivity contribution is 7.92. The first-order chi connectivity index (χ1) is 10.3. The van der Waals surface area contributed by atoms with E-state index in [1.165, 1.54) is 31.3 Å². The molecule has 1 saturated carbocycles. The fourth-order valence-electron chi connectivity index (χ4n) is 2.54. The summed E-state index contributed by atoms with van der Waals surface area (Å²) in [4.78, 5) is -0.556. The van der Waals surface area contributed by atoms with Gasteiger partial charge < -0.3 is 5.11 Å². The summed E-state index contributed by atoms with van der Waals surface area (Å²) in [5, 5.41) is 9.46. The van der Waals surface area contributed by atoms with Crippen LogP contribution in [0.4, 0.5) is 0 Å². The maximum Gasteiger partial charge on any atom is 0.241 e. The Morgan fingerprint density at radius 1 is 1.09 bits per heavy atom. The van der Waals surface area contributed by atoms with E-state index in [2.05, 4.69) is 9.44 Å². The van der Waals surface area contributed by atoms with Crippen LogP contribution in [0, 0.1) is 5.92 Å². The maximum atomic E-state index is 12.4. The molecule has 0 amide bonds. The van der Waals surface area contributed by atoms with Crippen molar-refractivity contribution in [2.24, 2.45) is 5.92 Å². The molecule has 0 unspecified atom stereocenters. The van der Waals surface area contributed by atoms with Crippen molar-refractivity contribution in [2.45, 2.75) is 35.2 Å². The molecule has 22 heavy (non-hydrogen) atoms. The number of benzene rings is 1. The average Bonchev–Trinajstić information content (AvgIpc) is 2.91. The Labute approximate surface area is 130 Å². The number of hydrogen-bond donors (Lipinski definition) is 3. The van der Waals surface area contributed by atoms with Crippen LogP contribution in [0.2, 0.25) is 0 Å². The van der Waals surface area contributed by atoms with Gasteiger partial charge in [-0.3, -0.25) is 0 Å². The normalized spacial score (nSPS) is 22.8. The number of hydrogen-bond acceptors (Lipinski definition) is 5. The maximum absolute atomic E-state index is 12.4. The number of rotatable bonds is 6. The van der Waals surface area contributed by atoms with Crippen LogP contribution >= 0.6 is 0 Å². The lowest BCUT2D eigenvalue weighted by Crippen LogP contribution is -2.31. The Kier molecular flexibility index (Phi) is 5.23. The quantitative estimate of drug-likeness (QED) is 0.671. The first-order valence-electron chi connectivity index (χ1n) is 6.96. The van der Waals surface area contributed by atoms with Crippen molar-refractivity contribution in [2.75, 3.05) is 13.6 Å². The lowest BCUT2D eigenvalue weighted by molar-refractivity contribution is 0.178. The third-order valence-electron chi connectivity index (χ3n) is 3.77. The minimum atomic E-state index is -3.94. The van der Waals surface area contributed by atoms with Gasteiger partial charge in [0.2, 0.25) is 20.0 Å². The van der Waals surface area contributed by atoms with E-state index in [0.717, 1.165) is 6.42 Å². The molecule has 0 aliphatic heterocycles. The van der Waals surface area contributed by atoms with Gasteiger partial charge in [-0.2, -0.15) is 0 Å². The molecular weight excluding hydrogens is 328 g/mol. The smallest absolute Gasteiger partial charge is 0.241 e. The highest BCUT2D eigenvalue weighted by Gasteiger charge is 2.28. The van der Waals surface area contributed by atoms with Gasteiger partial charge in [0.05, 0.1) is 6.10 Å². The average molecular weight is 348 g/mol. The molecule has 3 N–H and O–H groups in total. The molecule has 0 bridgehead atoms. The standard InChI is InChI=1S/C13H20N2O5S2/c1-14-21(17,18)12-4-2-3-5-13(12)22(19,20)15-9-10-6-7-11(16)8-10/h2-5,10-11,14-16H,6-9H2,1H3/t10-,11-/m1/s1. The summed E-state index contributed by atoms with van der Waals surface area (Å²) in [7, 11) is -6.58. The lowest BCUT2D eigenvalue weighted by atomic mass is 10.1. The summed E-state index contributed by atoms with van der Waals surface area (Å²) in [5.74, 6) is 0.0674. The Morgan fingerprint density at radius 2 is 1.68 bits per heavy atom. The first kappa shape index (κ1) is 17.4. The molecule has 0 heterocycles. The van der Waals surface area contributed by atoms with E-state index in [-0.39, 0.29) is 28.4 Å². The van der Waals surface area contributed by atoms with Gasteiger partial charge in [0.1, 0.15) is 9.79 Å². The van der Waals surface area contributed by atoms with Crippen LogP contribution < -0.4 is 9.44 Å². The third-order valence-corrected chi connectivity index (χ3v) is 6.86. The SMILES string of the molecule is CNS(=O)(=O)c1ccccc1S(=O)(=O)NC[C@@H]1CC[C@@H](O)C1. The van der Waals surface area contributed by atoms with Crippen molar-refractivity contribution in [3.8, 4) is 0 Å². The van der Waals surface area contributed by atoms with Gasteiger partial charge in [-0.05, 0) is 44.4 Å². The molecule has 0 aromatic heterocycles. The minimum Gasteiger partial charge on any atom is -0.393 e. The molecule has 1 aromatic rings. The molecule has 2 rings (SSSR count). The molecule has 1 aromatic carbocycles. The van der Waals surface area contributed by atoms with Gasteiger partial charge >= 0.3 is 0 Å². The largest absolute Gasteiger partial charge is 0.393 e. The molecule has 9 heteroatoms. The van der Waals surface area contributed by atoms with Crippen LogP contribution in [0.15, 0.2) is 34.1 Å². The zero-order chi connectivity index (χ0) is 16.4. The van der Waals surface area contributed by atoms with Crippen molar-refractivity contribution in [3.63, 3.8) is 0 Å². The van der Waals surface area contributed by atoms with Gasteiger partial charge in [-0.25, -0.2) is 26.3 Å². The van der Waals surface area contributed by atoms with Crippen molar-refractivity contribution in [1.29, 1.82) is 0 Å². The second-order valence-electron chi connectivity index (χ2n) is 5.34. The van der Waals surface area contributed by atoms with Crippen LogP contribution in [0.1, 0.15) is 19.3 Å². The second-order valence-corrected chi connectivity index (χ2v) is 8.93. The fourth-order valence-corrected chi connectivity index (χ4v) is 5.21. The molecule has 1 aliphatic rings. The Bertz CT molecular complexity index is 731. The van der Waals surface area contributed by atoms with Gasteiger partial charge in [0.25, 0.3) is 0 Å². The zero-order valence-corrected chi connectivity index (χ0v) is 13.8. The van der Waals surface area contributed by atoms with E-state index in [0.29, 0.717) is 12.8 Å². The Hall–Kier alpha value is -1.00. The summed E-state index contributed by atoms with van der Waals surface area (Å²) in [6, 6.07) is 5.45. The van der Waals surface area contributed by atoms with E-state index in [9.17, 15) is 21.9 Å². The molecule has 7 nitrogen and oxygen atoms in total. The molecule has 0 spiro atoms. The highest BCUT2D eigenvalue weighted by Crippen LogP contribution is 2.26. The Morgan fingerprint density at radius 3 is 2.18 bits per heavy atom. The van der Waals surface area contributed by atoms with Crippen molar-refractivity contribution in [1.82, 2.24) is 9.44 Å². The van der Waals surface area contributed by atoms with Crippen LogP contribution in [-0.2, 0) is 20.0 Å². The van der Waals surface area contributed by atoms with Crippen LogP contribution in [-0.4, -0.2) is 41.6 Å². The molecule has 1 fully saturated rings. The van der Waals surface area contributed by atoms with E-state index < -0.39 is 20.0 Å². The number of aliphatic hydroxyl groups excluding tert-OH is 1. The molecule has 0 radical (unpaired) electrons. The van der Waals surface area contributed by atoms with Gasteiger partial charge in [-0.1, -0.05) is 12.1 Å². The molecule has 2 atom stereocenters. The summed E-state index contributed by atoms with van der Waals surface area (Å²) in [6.07, 6.45) is 1.59. The van der Waals surface area contributed by atoms with Crippen LogP contribution in [0.5, 0.6) is 0 Å². The molecular formula is C13H20N2O5S2. The van der Waals surface area contributed by atoms with Gasteiger partial charge in [0, 0.05) is 6.54 Å². The lowest BCUT2D eigenvalue weighted by Gasteiger charge is -2.14. The van der Waals surface area contributed by atoms with E-state index in [4.69, 9.17) is 0 Å². The van der Waals surface area contributed by atoms with Crippen LogP contribution in [0.25, 0.3) is 0 Å². The van der Waals surface area contributed by atoms with E-state index in [1.54, 1.807) is 0 Å². The van der Waals surface area contributed by atoms with Crippen molar-refractivity contribution >= 4 is 20.0 Å². The minimum absolute atomic E-state index is 0.0674. The van der Waals surface area contributed by atoms with Crippen molar-refractivity contribution < 1.29 is 21.9 Å². The predicted molar refractivity (Wildman–Crippen MR) is 81.2 cm³/mol.